The fourth-order valence-electron chi connectivity index (χ4n) is 5.00. The van der Waals surface area contributed by atoms with Gasteiger partial charge in [0.05, 0.1) is 27.4 Å². The maximum absolute atomic E-state index is 13.8. The first-order chi connectivity index (χ1) is 17.5. The fraction of sp³-hybridized carbons (Fsp3) is 0.172. The summed E-state index contributed by atoms with van der Waals surface area (Å²) in [6.45, 7) is 2.55. The summed E-state index contributed by atoms with van der Waals surface area (Å²) in [6, 6.07) is 21.9. The van der Waals surface area contributed by atoms with Gasteiger partial charge in [0.2, 0.25) is 0 Å². The average molecular weight is 578 g/mol. The molecule has 180 valence electrons. The van der Waals surface area contributed by atoms with E-state index in [-0.39, 0.29) is 11.6 Å². The lowest BCUT2D eigenvalue weighted by molar-refractivity contribution is 0.338. The summed E-state index contributed by atoms with van der Waals surface area (Å²) in [5, 5.41) is 0.676. The molecule has 4 nitrogen and oxygen atoms in total. The molecule has 0 bridgehead atoms. The summed E-state index contributed by atoms with van der Waals surface area (Å²) in [4.78, 5) is 19.6. The van der Waals surface area contributed by atoms with Crippen LogP contribution in [0.3, 0.4) is 0 Å². The molecular formula is C29H22BrClN2O2S. The molecule has 2 heterocycles. The Kier molecular flexibility index (Phi) is 6.20. The van der Waals surface area contributed by atoms with Crippen molar-refractivity contribution >= 4 is 50.6 Å². The lowest BCUT2D eigenvalue weighted by atomic mass is 9.83. The highest BCUT2D eigenvalue weighted by molar-refractivity contribution is 9.10. The van der Waals surface area contributed by atoms with Crippen molar-refractivity contribution in [2.24, 2.45) is 4.99 Å². The van der Waals surface area contributed by atoms with E-state index >= 15 is 0 Å². The van der Waals surface area contributed by atoms with E-state index in [0.717, 1.165) is 45.5 Å². The van der Waals surface area contributed by atoms with Crippen molar-refractivity contribution in [1.29, 1.82) is 0 Å². The molecule has 1 aliphatic carbocycles. The molecule has 0 saturated carbocycles. The van der Waals surface area contributed by atoms with Crippen LogP contribution in [-0.2, 0) is 6.42 Å². The minimum atomic E-state index is -0.212. The highest BCUT2D eigenvalue weighted by atomic mass is 79.9. The number of allylic oxidation sites excluding steroid dienone is 1. The van der Waals surface area contributed by atoms with Crippen molar-refractivity contribution in [3.63, 3.8) is 0 Å². The summed E-state index contributed by atoms with van der Waals surface area (Å²) in [5.41, 5.74) is 6.56. The second-order valence-corrected chi connectivity index (χ2v) is 11.1. The van der Waals surface area contributed by atoms with Crippen LogP contribution in [0.25, 0.3) is 11.8 Å². The quantitative estimate of drug-likeness (QED) is 0.293. The number of thiazole rings is 1. The smallest absolute Gasteiger partial charge is 0.271 e. The maximum Gasteiger partial charge on any atom is 0.271 e. The van der Waals surface area contributed by atoms with Crippen LogP contribution < -0.4 is 19.6 Å². The van der Waals surface area contributed by atoms with Crippen molar-refractivity contribution in [1.82, 2.24) is 4.57 Å². The molecule has 1 aliphatic heterocycles. The van der Waals surface area contributed by atoms with Crippen LogP contribution in [0.1, 0.15) is 41.6 Å². The van der Waals surface area contributed by atoms with Crippen molar-refractivity contribution < 1.29 is 4.74 Å². The van der Waals surface area contributed by atoms with Crippen LogP contribution in [0, 0.1) is 0 Å². The third kappa shape index (κ3) is 4.07. The van der Waals surface area contributed by atoms with Gasteiger partial charge in [-0.05, 0) is 88.3 Å². The zero-order valence-corrected chi connectivity index (χ0v) is 22.7. The summed E-state index contributed by atoms with van der Waals surface area (Å²) in [7, 11) is 0. The second-order valence-electron chi connectivity index (χ2n) is 8.79. The van der Waals surface area contributed by atoms with E-state index in [9.17, 15) is 4.79 Å². The molecule has 0 amide bonds. The first-order valence-electron chi connectivity index (χ1n) is 11.8. The molecule has 6 rings (SSSR count). The number of fused-ring (bicyclic) bond motifs is 3. The van der Waals surface area contributed by atoms with Crippen LogP contribution in [0.5, 0.6) is 5.75 Å². The number of benzene rings is 3. The molecular weight excluding hydrogens is 556 g/mol. The largest absolute Gasteiger partial charge is 0.493 e. The molecule has 1 aromatic heterocycles. The zero-order valence-electron chi connectivity index (χ0n) is 19.5. The Morgan fingerprint density at radius 2 is 1.94 bits per heavy atom. The van der Waals surface area contributed by atoms with Crippen molar-refractivity contribution in [2.45, 2.75) is 25.8 Å². The number of ether oxygens (including phenoxy) is 1. The first kappa shape index (κ1) is 23.5. The molecule has 36 heavy (non-hydrogen) atoms. The number of halogens is 2. The standard InChI is InChI=1S/C29H22BrClN2O2S/c1-2-35-24-14-7-17(15-23(24)30)16-25-28(34)33-27(19-8-11-20(31)12-9-19)22-13-10-18-5-3-4-6-21(18)26(22)32-29(33)36-25/h3-9,11-12,14-16,27H,2,10,13H2,1H3/b25-16+/t27-/m0/s1. The first-order valence-corrected chi connectivity index (χ1v) is 13.8. The lowest BCUT2D eigenvalue weighted by Crippen LogP contribution is -2.38. The normalized spacial score (nSPS) is 16.8. The van der Waals surface area contributed by atoms with E-state index in [0.29, 0.717) is 21.0 Å². The van der Waals surface area contributed by atoms with Gasteiger partial charge in [0.25, 0.3) is 5.56 Å². The van der Waals surface area contributed by atoms with E-state index in [2.05, 4.69) is 40.2 Å². The number of aromatic nitrogens is 1. The van der Waals surface area contributed by atoms with E-state index in [1.165, 1.54) is 22.5 Å². The van der Waals surface area contributed by atoms with Crippen LogP contribution >= 0.6 is 38.9 Å². The SMILES string of the molecule is CCOc1ccc(/C=c2/sc3n(c2=O)[C@@H](c2ccc(Cl)cc2)C2=C(N=3)c3ccccc3CC2)cc1Br. The predicted octanol–water partition coefficient (Wildman–Crippen LogP) is 6.13. The minimum absolute atomic E-state index is 0.0332. The van der Waals surface area contributed by atoms with Gasteiger partial charge in [-0.1, -0.05) is 65.4 Å². The summed E-state index contributed by atoms with van der Waals surface area (Å²) in [5.74, 6) is 0.783. The van der Waals surface area contributed by atoms with E-state index < -0.39 is 0 Å². The molecule has 4 aromatic rings. The Labute approximate surface area is 226 Å². The van der Waals surface area contributed by atoms with Gasteiger partial charge in [0.15, 0.2) is 4.80 Å². The number of aryl methyl sites for hydroxylation is 1. The van der Waals surface area contributed by atoms with Gasteiger partial charge in [0, 0.05) is 10.6 Å². The molecule has 0 spiro atoms. The molecule has 0 radical (unpaired) electrons. The Balaban J connectivity index is 1.56. The number of hydrogen-bond donors (Lipinski definition) is 0. The summed E-state index contributed by atoms with van der Waals surface area (Å²) in [6.07, 6.45) is 3.72. The zero-order chi connectivity index (χ0) is 24.8. The maximum atomic E-state index is 13.8. The predicted molar refractivity (Wildman–Crippen MR) is 150 cm³/mol. The molecule has 2 aliphatic rings. The van der Waals surface area contributed by atoms with Crippen molar-refractivity contribution in [3.8, 4) is 5.75 Å². The molecule has 3 aromatic carbocycles. The highest BCUT2D eigenvalue weighted by Crippen LogP contribution is 2.41. The van der Waals surface area contributed by atoms with Gasteiger partial charge >= 0.3 is 0 Å². The van der Waals surface area contributed by atoms with Crippen molar-refractivity contribution in [2.75, 3.05) is 6.61 Å². The Bertz CT molecular complexity index is 1700. The van der Waals surface area contributed by atoms with Crippen LogP contribution in [0.4, 0.5) is 0 Å². The number of hydrogen-bond acceptors (Lipinski definition) is 4. The minimum Gasteiger partial charge on any atom is -0.493 e. The third-order valence-corrected chi connectivity index (χ3v) is 8.47. The van der Waals surface area contributed by atoms with Gasteiger partial charge in [-0.15, -0.1) is 0 Å². The van der Waals surface area contributed by atoms with Crippen LogP contribution in [0.15, 0.2) is 86.6 Å². The van der Waals surface area contributed by atoms with Gasteiger partial charge in [-0.3, -0.25) is 9.36 Å². The Morgan fingerprint density at radius 1 is 1.14 bits per heavy atom. The lowest BCUT2D eigenvalue weighted by Gasteiger charge is -2.30. The van der Waals surface area contributed by atoms with E-state index in [4.69, 9.17) is 21.3 Å². The molecule has 0 unspecified atom stereocenters. The van der Waals surface area contributed by atoms with Crippen LogP contribution in [-0.4, -0.2) is 11.2 Å². The van der Waals surface area contributed by atoms with E-state index in [1.54, 1.807) is 0 Å². The van der Waals surface area contributed by atoms with Gasteiger partial charge < -0.3 is 4.74 Å². The highest BCUT2D eigenvalue weighted by Gasteiger charge is 2.32. The number of rotatable bonds is 4. The molecule has 0 N–H and O–H groups in total. The van der Waals surface area contributed by atoms with Gasteiger partial charge in [-0.2, -0.15) is 0 Å². The fourth-order valence-corrected chi connectivity index (χ4v) is 6.64. The molecule has 7 heteroatoms. The van der Waals surface area contributed by atoms with Crippen LogP contribution in [0.2, 0.25) is 5.02 Å². The van der Waals surface area contributed by atoms with Gasteiger partial charge in [-0.25, -0.2) is 4.99 Å². The third-order valence-electron chi connectivity index (χ3n) is 6.61. The molecule has 0 fully saturated rings. The summed E-state index contributed by atoms with van der Waals surface area (Å²) < 4.78 is 9.00. The number of nitrogens with zero attached hydrogens (tertiary/aromatic N) is 2. The topological polar surface area (TPSA) is 43.6 Å². The Morgan fingerprint density at radius 3 is 2.72 bits per heavy atom. The molecule has 1 atom stereocenters. The Hall–Kier alpha value is -2.93. The summed E-state index contributed by atoms with van der Waals surface area (Å²) >= 11 is 11.2. The van der Waals surface area contributed by atoms with Gasteiger partial charge in [0.1, 0.15) is 5.75 Å². The van der Waals surface area contributed by atoms with E-state index in [1.807, 2.05) is 60.0 Å². The average Bonchev–Trinajstić information content (AvgIpc) is 3.19. The second kappa shape index (κ2) is 9.51. The monoisotopic (exact) mass is 576 g/mol. The van der Waals surface area contributed by atoms with Crippen molar-refractivity contribution in [3.05, 3.63) is 124 Å². The molecule has 0 saturated heterocycles.